The van der Waals surface area contributed by atoms with Crippen LogP contribution in [0.25, 0.3) is 0 Å². The lowest BCUT2D eigenvalue weighted by Crippen LogP contribution is -2.32. The molecule has 2 heterocycles. The van der Waals surface area contributed by atoms with Gasteiger partial charge in [-0.15, -0.1) is 24.0 Å². The third-order valence-electron chi connectivity index (χ3n) is 4.78. The summed E-state index contributed by atoms with van der Waals surface area (Å²) in [5.74, 6) is 2.19. The number of hydrogen-bond donors (Lipinski definition) is 2. The first kappa shape index (κ1) is 24.2. The van der Waals surface area contributed by atoms with Crippen molar-refractivity contribution in [2.24, 2.45) is 12.0 Å². The predicted octanol–water partition coefficient (Wildman–Crippen LogP) is 4.65. The first-order chi connectivity index (χ1) is 15.2. The van der Waals surface area contributed by atoms with Crippen LogP contribution in [0.3, 0.4) is 0 Å². The molecule has 0 amide bonds. The Kier molecular flexibility index (Phi) is 9.04. The van der Waals surface area contributed by atoms with Crippen LogP contribution in [0.4, 0.5) is 5.69 Å². The van der Waals surface area contributed by atoms with Crippen molar-refractivity contribution in [1.29, 1.82) is 0 Å². The third kappa shape index (κ3) is 7.03. The summed E-state index contributed by atoms with van der Waals surface area (Å²) in [5.41, 5.74) is 3.09. The highest BCUT2D eigenvalue weighted by molar-refractivity contribution is 14.0. The van der Waals surface area contributed by atoms with E-state index >= 15 is 0 Å². The Morgan fingerprint density at radius 3 is 2.75 bits per heavy atom. The Labute approximate surface area is 210 Å². The van der Waals surface area contributed by atoms with Gasteiger partial charge in [0.25, 0.3) is 0 Å². The van der Waals surface area contributed by atoms with Crippen LogP contribution in [0.15, 0.2) is 59.9 Å². The number of ether oxygens (including phenoxy) is 2. The molecule has 1 aliphatic rings. The van der Waals surface area contributed by atoms with Crippen LogP contribution in [0.5, 0.6) is 11.5 Å². The number of aliphatic imine (C=N–C) groups is 1. The van der Waals surface area contributed by atoms with Crippen LogP contribution in [0, 0.1) is 0 Å². The minimum Gasteiger partial charge on any atom is -0.490 e. The van der Waals surface area contributed by atoms with E-state index in [4.69, 9.17) is 26.1 Å². The normalized spacial score (nSPS) is 13.1. The molecule has 2 N–H and O–H groups in total. The maximum Gasteiger partial charge on any atom is 0.196 e. The molecule has 1 aromatic heterocycles. The minimum atomic E-state index is 0. The number of anilines is 1. The van der Waals surface area contributed by atoms with Crippen molar-refractivity contribution in [3.8, 4) is 11.5 Å². The zero-order valence-corrected chi connectivity index (χ0v) is 21.0. The van der Waals surface area contributed by atoms with Crippen LogP contribution < -0.4 is 20.1 Å². The molecule has 0 bridgehead atoms. The Hall–Kier alpha value is -2.46. The second-order valence-electron chi connectivity index (χ2n) is 7.33. The molecule has 7 nitrogen and oxygen atoms in total. The molecule has 4 rings (SSSR count). The van der Waals surface area contributed by atoms with Crippen molar-refractivity contribution in [3.05, 3.63) is 71.0 Å². The number of rotatable bonds is 6. The van der Waals surface area contributed by atoms with E-state index in [1.165, 1.54) is 5.56 Å². The fourth-order valence-corrected chi connectivity index (χ4v) is 3.47. The minimum absolute atomic E-state index is 0. The SMILES string of the molecule is Cn1cc(CN=C(NCCc2cccc(Cl)c2)Nc2ccc3c(c2)OCCCO3)cn1.I. The van der Waals surface area contributed by atoms with Crippen LogP contribution in [-0.2, 0) is 20.0 Å². The number of guanidine groups is 1. The van der Waals surface area contributed by atoms with Gasteiger partial charge in [-0.25, -0.2) is 4.99 Å². The van der Waals surface area contributed by atoms with E-state index in [1.54, 1.807) is 4.68 Å². The van der Waals surface area contributed by atoms with E-state index in [1.807, 2.05) is 55.8 Å². The van der Waals surface area contributed by atoms with Gasteiger partial charge >= 0.3 is 0 Å². The third-order valence-corrected chi connectivity index (χ3v) is 5.02. The first-order valence-electron chi connectivity index (χ1n) is 10.3. The summed E-state index contributed by atoms with van der Waals surface area (Å²) >= 11 is 6.10. The molecular formula is C23H27ClIN5O2. The fraction of sp³-hybridized carbons (Fsp3) is 0.304. The topological polar surface area (TPSA) is 72.7 Å². The van der Waals surface area contributed by atoms with E-state index in [0.29, 0.717) is 32.3 Å². The number of fused-ring (bicyclic) bond motifs is 1. The van der Waals surface area contributed by atoms with E-state index < -0.39 is 0 Å². The Morgan fingerprint density at radius 1 is 1.12 bits per heavy atom. The van der Waals surface area contributed by atoms with Crippen molar-refractivity contribution in [2.45, 2.75) is 19.4 Å². The van der Waals surface area contributed by atoms with Gasteiger partial charge < -0.3 is 20.1 Å². The Balaban J connectivity index is 0.00000289. The summed E-state index contributed by atoms with van der Waals surface area (Å²) in [6, 6.07) is 13.7. The van der Waals surface area contributed by atoms with Gasteiger partial charge in [0.1, 0.15) is 0 Å². The second kappa shape index (κ2) is 12.0. The molecule has 9 heteroatoms. The fourth-order valence-electron chi connectivity index (χ4n) is 3.26. The van der Waals surface area contributed by atoms with Crippen LogP contribution in [-0.4, -0.2) is 35.5 Å². The maximum absolute atomic E-state index is 6.10. The summed E-state index contributed by atoms with van der Waals surface area (Å²) in [7, 11) is 1.90. The molecule has 32 heavy (non-hydrogen) atoms. The highest BCUT2D eigenvalue weighted by atomic mass is 127. The molecule has 2 aromatic carbocycles. The molecule has 0 aliphatic carbocycles. The van der Waals surface area contributed by atoms with Gasteiger partial charge in [-0.2, -0.15) is 5.10 Å². The summed E-state index contributed by atoms with van der Waals surface area (Å²) in [6.07, 6.45) is 5.48. The largest absolute Gasteiger partial charge is 0.490 e. The van der Waals surface area contributed by atoms with Crippen LogP contribution in [0.2, 0.25) is 5.02 Å². The molecular weight excluding hydrogens is 541 g/mol. The quantitative estimate of drug-likeness (QED) is 0.258. The molecule has 0 atom stereocenters. The smallest absolute Gasteiger partial charge is 0.196 e. The van der Waals surface area contributed by atoms with Crippen molar-refractivity contribution in [1.82, 2.24) is 15.1 Å². The van der Waals surface area contributed by atoms with Gasteiger partial charge in [-0.05, 0) is 36.2 Å². The molecule has 0 unspecified atom stereocenters. The molecule has 0 saturated carbocycles. The van der Waals surface area contributed by atoms with E-state index in [0.717, 1.165) is 40.6 Å². The zero-order chi connectivity index (χ0) is 21.5. The number of hydrogen-bond acceptors (Lipinski definition) is 4. The lowest BCUT2D eigenvalue weighted by atomic mass is 10.1. The van der Waals surface area contributed by atoms with Crippen LogP contribution >= 0.6 is 35.6 Å². The van der Waals surface area contributed by atoms with Gasteiger partial charge in [0, 0.05) is 48.5 Å². The molecule has 3 aromatic rings. The lowest BCUT2D eigenvalue weighted by Gasteiger charge is -2.14. The number of nitrogens with one attached hydrogen (secondary N) is 2. The number of nitrogens with zero attached hydrogens (tertiary/aromatic N) is 3. The summed E-state index contributed by atoms with van der Waals surface area (Å²) < 4.78 is 13.3. The van der Waals surface area contributed by atoms with Gasteiger partial charge in [0.15, 0.2) is 17.5 Å². The standard InChI is InChI=1S/C23H26ClN5O2.HI/c1-29-16-18(15-27-29)14-26-23(25-9-8-17-4-2-5-19(24)12-17)28-20-6-7-21-22(13-20)31-11-3-10-30-21;/h2,4-7,12-13,15-16H,3,8-11,14H2,1H3,(H2,25,26,28);1H. The van der Waals surface area contributed by atoms with Crippen molar-refractivity contribution >= 4 is 47.2 Å². The molecule has 0 spiro atoms. The monoisotopic (exact) mass is 567 g/mol. The number of halogens is 2. The summed E-state index contributed by atoms with van der Waals surface area (Å²) in [5, 5.41) is 11.7. The number of benzene rings is 2. The average Bonchev–Trinajstić information content (AvgIpc) is 3.03. The molecule has 0 saturated heterocycles. The average molecular weight is 568 g/mol. The van der Waals surface area contributed by atoms with Crippen molar-refractivity contribution in [2.75, 3.05) is 25.1 Å². The molecule has 1 aliphatic heterocycles. The lowest BCUT2D eigenvalue weighted by molar-refractivity contribution is 0.297. The number of aromatic nitrogens is 2. The Morgan fingerprint density at radius 2 is 1.97 bits per heavy atom. The second-order valence-corrected chi connectivity index (χ2v) is 7.77. The summed E-state index contributed by atoms with van der Waals surface area (Å²) in [6.45, 7) is 2.55. The van der Waals surface area contributed by atoms with E-state index in [9.17, 15) is 0 Å². The molecule has 170 valence electrons. The van der Waals surface area contributed by atoms with E-state index in [-0.39, 0.29) is 24.0 Å². The predicted molar refractivity (Wildman–Crippen MR) is 139 cm³/mol. The van der Waals surface area contributed by atoms with E-state index in [2.05, 4.69) is 21.8 Å². The van der Waals surface area contributed by atoms with Gasteiger partial charge in [0.2, 0.25) is 0 Å². The first-order valence-corrected chi connectivity index (χ1v) is 10.7. The van der Waals surface area contributed by atoms with Crippen molar-refractivity contribution < 1.29 is 9.47 Å². The Bertz CT molecular complexity index is 1060. The van der Waals surface area contributed by atoms with Gasteiger partial charge in [-0.3, -0.25) is 4.68 Å². The summed E-state index contributed by atoms with van der Waals surface area (Å²) in [4.78, 5) is 4.72. The zero-order valence-electron chi connectivity index (χ0n) is 17.9. The maximum atomic E-state index is 6.10. The molecule has 0 radical (unpaired) electrons. The highest BCUT2D eigenvalue weighted by Crippen LogP contribution is 2.32. The van der Waals surface area contributed by atoms with Gasteiger partial charge in [-0.1, -0.05) is 23.7 Å². The van der Waals surface area contributed by atoms with Gasteiger partial charge in [0.05, 0.1) is 26.0 Å². The highest BCUT2D eigenvalue weighted by Gasteiger charge is 2.11. The van der Waals surface area contributed by atoms with Crippen LogP contribution in [0.1, 0.15) is 17.5 Å². The number of aryl methyl sites for hydroxylation is 1. The molecule has 0 fully saturated rings. The van der Waals surface area contributed by atoms with Crippen molar-refractivity contribution in [3.63, 3.8) is 0 Å².